The summed E-state index contributed by atoms with van der Waals surface area (Å²) in [6.07, 6.45) is 0.296. The second-order valence-corrected chi connectivity index (χ2v) is 5.51. The minimum Gasteiger partial charge on any atom is -0.355 e. The fourth-order valence-corrected chi connectivity index (χ4v) is 2.55. The number of amides is 3. The Morgan fingerprint density at radius 3 is 2.21 bits per heavy atom. The van der Waals surface area contributed by atoms with Crippen LogP contribution in [-0.2, 0) is 14.4 Å². The Labute approximate surface area is 113 Å². The van der Waals surface area contributed by atoms with Gasteiger partial charge >= 0.3 is 0 Å². The molecule has 2 heterocycles. The first-order valence-corrected chi connectivity index (χ1v) is 6.83. The molecule has 6 nitrogen and oxygen atoms in total. The zero-order chi connectivity index (χ0) is 14.0. The van der Waals surface area contributed by atoms with Crippen molar-refractivity contribution in [1.82, 2.24) is 15.1 Å². The van der Waals surface area contributed by atoms with E-state index in [1.165, 1.54) is 0 Å². The third kappa shape index (κ3) is 3.05. The molecule has 106 valence electrons. The van der Waals surface area contributed by atoms with Crippen LogP contribution in [0.15, 0.2) is 0 Å². The predicted molar refractivity (Wildman–Crippen MR) is 69.1 cm³/mol. The van der Waals surface area contributed by atoms with Gasteiger partial charge in [-0.25, -0.2) is 0 Å². The van der Waals surface area contributed by atoms with Crippen molar-refractivity contribution in [3.05, 3.63) is 0 Å². The van der Waals surface area contributed by atoms with Gasteiger partial charge in [0.2, 0.25) is 17.7 Å². The summed E-state index contributed by atoms with van der Waals surface area (Å²) in [6.45, 7) is 6.55. The summed E-state index contributed by atoms with van der Waals surface area (Å²) in [6, 6.07) is 0. The van der Waals surface area contributed by atoms with Crippen molar-refractivity contribution in [2.45, 2.75) is 20.3 Å². The van der Waals surface area contributed by atoms with E-state index >= 15 is 0 Å². The minimum atomic E-state index is -0.222. The van der Waals surface area contributed by atoms with Gasteiger partial charge in [0.25, 0.3) is 0 Å². The summed E-state index contributed by atoms with van der Waals surface area (Å²) in [5, 5.41) is 2.68. The van der Waals surface area contributed by atoms with E-state index in [1.807, 2.05) is 18.7 Å². The first kappa shape index (κ1) is 13.8. The molecule has 0 bridgehead atoms. The Kier molecular flexibility index (Phi) is 4.07. The minimum absolute atomic E-state index is 0.00101. The molecule has 0 aromatic rings. The molecule has 0 saturated carbocycles. The molecule has 0 aromatic heterocycles. The van der Waals surface area contributed by atoms with Gasteiger partial charge in [-0.1, -0.05) is 13.8 Å². The van der Waals surface area contributed by atoms with E-state index in [1.54, 1.807) is 4.90 Å². The Hall–Kier alpha value is -1.59. The molecule has 0 aromatic carbocycles. The molecule has 2 rings (SSSR count). The highest BCUT2D eigenvalue weighted by Gasteiger charge is 2.33. The third-order valence-corrected chi connectivity index (χ3v) is 3.72. The number of hydrogen-bond acceptors (Lipinski definition) is 3. The number of piperazine rings is 1. The lowest BCUT2D eigenvalue weighted by atomic mass is 10.1. The van der Waals surface area contributed by atoms with Gasteiger partial charge in [-0.05, 0) is 0 Å². The van der Waals surface area contributed by atoms with Gasteiger partial charge in [0.1, 0.15) is 0 Å². The molecule has 2 saturated heterocycles. The number of nitrogens with zero attached hydrogens (tertiary/aromatic N) is 2. The van der Waals surface area contributed by atoms with Crippen LogP contribution in [-0.4, -0.2) is 60.2 Å². The lowest BCUT2D eigenvalue weighted by Gasteiger charge is -2.36. The van der Waals surface area contributed by atoms with Gasteiger partial charge in [0.05, 0.1) is 5.92 Å². The highest BCUT2D eigenvalue weighted by atomic mass is 16.2. The summed E-state index contributed by atoms with van der Waals surface area (Å²) in [7, 11) is 0. The van der Waals surface area contributed by atoms with Crippen molar-refractivity contribution < 1.29 is 14.4 Å². The number of carbonyl (C=O) groups is 3. The van der Waals surface area contributed by atoms with Crippen LogP contribution in [0.4, 0.5) is 0 Å². The highest BCUT2D eigenvalue weighted by Crippen LogP contribution is 2.15. The fourth-order valence-electron chi connectivity index (χ4n) is 2.55. The average Bonchev–Trinajstić information content (AvgIpc) is 2.84. The Bertz CT molecular complexity index is 387. The normalized spacial score (nSPS) is 23.7. The summed E-state index contributed by atoms with van der Waals surface area (Å²) in [4.78, 5) is 38.7. The summed E-state index contributed by atoms with van der Waals surface area (Å²) in [5.41, 5.74) is 0. The zero-order valence-corrected chi connectivity index (χ0v) is 11.5. The molecule has 0 spiro atoms. The van der Waals surface area contributed by atoms with Crippen LogP contribution >= 0.6 is 0 Å². The maximum absolute atomic E-state index is 12.2. The second-order valence-electron chi connectivity index (χ2n) is 5.51. The maximum atomic E-state index is 12.2. The number of hydrogen-bond donors (Lipinski definition) is 1. The summed E-state index contributed by atoms with van der Waals surface area (Å²) >= 11 is 0. The standard InChI is InChI=1S/C13H21N3O3/c1-9(2)12(18)15-3-5-16(6-4-15)13(19)10-7-11(17)14-8-10/h9-10H,3-8H2,1-2H3,(H,14,17). The van der Waals surface area contributed by atoms with E-state index < -0.39 is 0 Å². The Morgan fingerprint density at radius 1 is 1.16 bits per heavy atom. The topological polar surface area (TPSA) is 69.7 Å². The van der Waals surface area contributed by atoms with Crippen molar-refractivity contribution in [3.63, 3.8) is 0 Å². The Balaban J connectivity index is 1.84. The van der Waals surface area contributed by atoms with E-state index in [-0.39, 0.29) is 29.6 Å². The first-order chi connectivity index (χ1) is 8.99. The molecule has 0 radical (unpaired) electrons. The van der Waals surface area contributed by atoms with E-state index in [0.717, 1.165) is 0 Å². The summed E-state index contributed by atoms with van der Waals surface area (Å²) in [5.74, 6) is -0.0921. The largest absolute Gasteiger partial charge is 0.355 e. The van der Waals surface area contributed by atoms with Crippen molar-refractivity contribution in [2.75, 3.05) is 32.7 Å². The zero-order valence-electron chi connectivity index (χ0n) is 11.5. The molecule has 2 fully saturated rings. The molecule has 1 N–H and O–H groups in total. The number of nitrogens with one attached hydrogen (secondary N) is 1. The second kappa shape index (κ2) is 5.59. The van der Waals surface area contributed by atoms with Crippen molar-refractivity contribution >= 4 is 17.7 Å². The molecule has 2 aliphatic heterocycles. The van der Waals surface area contributed by atoms with Gasteiger partial charge in [-0.2, -0.15) is 0 Å². The molecule has 19 heavy (non-hydrogen) atoms. The smallest absolute Gasteiger partial charge is 0.228 e. The van der Waals surface area contributed by atoms with Gasteiger partial charge in [-0.3, -0.25) is 14.4 Å². The van der Waals surface area contributed by atoms with Crippen LogP contribution in [0.3, 0.4) is 0 Å². The predicted octanol–water partition coefficient (Wildman–Crippen LogP) is -0.551. The molecule has 6 heteroatoms. The molecule has 2 aliphatic rings. The first-order valence-electron chi connectivity index (χ1n) is 6.83. The van der Waals surface area contributed by atoms with E-state index in [4.69, 9.17) is 0 Å². The molecule has 1 atom stereocenters. The van der Waals surface area contributed by atoms with Crippen molar-refractivity contribution in [1.29, 1.82) is 0 Å². The van der Waals surface area contributed by atoms with Gasteiger partial charge in [0.15, 0.2) is 0 Å². The lowest BCUT2D eigenvalue weighted by Crippen LogP contribution is -2.52. The van der Waals surface area contributed by atoms with Crippen LogP contribution < -0.4 is 5.32 Å². The van der Waals surface area contributed by atoms with Crippen LogP contribution in [0, 0.1) is 11.8 Å². The van der Waals surface area contributed by atoms with E-state index in [0.29, 0.717) is 39.1 Å². The number of carbonyl (C=O) groups excluding carboxylic acids is 3. The number of rotatable bonds is 2. The SMILES string of the molecule is CC(C)C(=O)N1CCN(C(=O)C2CNC(=O)C2)CC1. The molecule has 1 unspecified atom stereocenters. The van der Waals surface area contributed by atoms with Crippen molar-refractivity contribution in [2.24, 2.45) is 11.8 Å². The molecular formula is C13H21N3O3. The highest BCUT2D eigenvalue weighted by molar-refractivity contribution is 5.89. The molecule has 0 aliphatic carbocycles. The monoisotopic (exact) mass is 267 g/mol. The van der Waals surface area contributed by atoms with E-state index in [9.17, 15) is 14.4 Å². The van der Waals surface area contributed by atoms with Crippen LogP contribution in [0.5, 0.6) is 0 Å². The molecular weight excluding hydrogens is 246 g/mol. The van der Waals surface area contributed by atoms with Crippen LogP contribution in [0.25, 0.3) is 0 Å². The quantitative estimate of drug-likeness (QED) is 0.730. The van der Waals surface area contributed by atoms with Crippen molar-refractivity contribution in [3.8, 4) is 0 Å². The van der Waals surface area contributed by atoms with Crippen LogP contribution in [0.2, 0.25) is 0 Å². The maximum Gasteiger partial charge on any atom is 0.228 e. The van der Waals surface area contributed by atoms with Gasteiger partial charge in [-0.15, -0.1) is 0 Å². The Morgan fingerprint density at radius 2 is 1.74 bits per heavy atom. The summed E-state index contributed by atoms with van der Waals surface area (Å²) < 4.78 is 0. The lowest BCUT2D eigenvalue weighted by molar-refractivity contribution is -0.143. The fraction of sp³-hybridized carbons (Fsp3) is 0.769. The third-order valence-electron chi connectivity index (χ3n) is 3.72. The average molecular weight is 267 g/mol. The molecule has 3 amide bonds. The van der Waals surface area contributed by atoms with Crippen LogP contribution in [0.1, 0.15) is 20.3 Å². The van der Waals surface area contributed by atoms with E-state index in [2.05, 4.69) is 5.32 Å². The van der Waals surface area contributed by atoms with Gasteiger partial charge < -0.3 is 15.1 Å². The van der Waals surface area contributed by atoms with Gasteiger partial charge in [0, 0.05) is 45.1 Å².